The zero-order valence-corrected chi connectivity index (χ0v) is 9.80. The van der Waals surface area contributed by atoms with Crippen molar-refractivity contribution in [2.24, 2.45) is 0 Å². The second kappa shape index (κ2) is 4.20. The molecular formula is C10H15NO3S. The molecule has 0 radical (unpaired) electrons. The van der Waals surface area contributed by atoms with Crippen molar-refractivity contribution in [3.05, 3.63) is 29.3 Å². The number of rotatable bonds is 3. The summed E-state index contributed by atoms with van der Waals surface area (Å²) in [5.41, 5.74) is 2.13. The Morgan fingerprint density at radius 2 is 1.93 bits per heavy atom. The number of anilines is 1. The lowest BCUT2D eigenvalue weighted by atomic mass is 9.99. The van der Waals surface area contributed by atoms with Crippen molar-refractivity contribution >= 4 is 16.0 Å². The Kier molecular flexibility index (Phi) is 3.36. The highest BCUT2D eigenvalue weighted by atomic mass is 32.2. The van der Waals surface area contributed by atoms with Crippen molar-refractivity contribution in [3.63, 3.8) is 0 Å². The lowest BCUT2D eigenvalue weighted by molar-refractivity contribution is 0.489. The zero-order valence-electron chi connectivity index (χ0n) is 8.98. The fourth-order valence-corrected chi connectivity index (χ4v) is 1.98. The Bertz CT molecular complexity index is 452. The summed E-state index contributed by atoms with van der Waals surface area (Å²) < 4.78 is 32.4. The van der Waals surface area contributed by atoms with E-state index in [-0.39, 0.29) is 5.92 Å². The molecule has 0 heterocycles. The average molecular weight is 229 g/mol. The Hall–Kier alpha value is -1.07. The zero-order chi connectivity index (χ0) is 11.6. The maximum atomic E-state index is 10.8. The largest absolute Gasteiger partial charge is 0.357 e. The molecule has 1 aromatic rings. The lowest BCUT2D eigenvalue weighted by Crippen LogP contribution is -2.13. The van der Waals surface area contributed by atoms with Gasteiger partial charge in [0.1, 0.15) is 0 Å². The van der Waals surface area contributed by atoms with Crippen molar-refractivity contribution < 1.29 is 13.0 Å². The van der Waals surface area contributed by atoms with Gasteiger partial charge in [-0.05, 0) is 24.0 Å². The van der Waals surface area contributed by atoms with Crippen molar-refractivity contribution in [2.75, 3.05) is 4.72 Å². The van der Waals surface area contributed by atoms with E-state index in [1.54, 1.807) is 13.0 Å². The van der Waals surface area contributed by atoms with Crippen LogP contribution in [0.4, 0.5) is 5.69 Å². The van der Waals surface area contributed by atoms with Gasteiger partial charge in [0.15, 0.2) is 0 Å². The minimum atomic E-state index is -4.21. The number of nitrogens with one attached hydrogen (secondary N) is 1. The summed E-state index contributed by atoms with van der Waals surface area (Å²) in [6, 6.07) is 5.49. The first kappa shape index (κ1) is 12.0. The van der Waals surface area contributed by atoms with E-state index in [0.717, 1.165) is 11.1 Å². The van der Waals surface area contributed by atoms with Crippen molar-refractivity contribution in [2.45, 2.75) is 26.7 Å². The van der Waals surface area contributed by atoms with E-state index in [9.17, 15) is 8.42 Å². The standard InChI is InChI=1S/C10H15NO3S/c1-7(2)9-6-4-5-8(3)10(9)11-15(12,13)14/h4-7,11H,1-3H3,(H,12,13,14). The number of aryl methyl sites for hydroxylation is 1. The van der Waals surface area contributed by atoms with Crippen LogP contribution < -0.4 is 4.72 Å². The third-order valence-corrected chi connectivity index (χ3v) is 2.62. The highest BCUT2D eigenvalue weighted by molar-refractivity contribution is 7.87. The molecule has 0 aromatic heterocycles. The molecule has 0 aliphatic carbocycles. The van der Waals surface area contributed by atoms with E-state index in [2.05, 4.69) is 4.72 Å². The SMILES string of the molecule is Cc1cccc(C(C)C)c1NS(=O)(=O)O. The van der Waals surface area contributed by atoms with Gasteiger partial charge in [0.2, 0.25) is 0 Å². The van der Waals surface area contributed by atoms with Crippen LogP contribution in [0.2, 0.25) is 0 Å². The number of hydrogen-bond donors (Lipinski definition) is 2. The van der Waals surface area contributed by atoms with E-state index in [4.69, 9.17) is 4.55 Å². The predicted molar refractivity (Wildman–Crippen MR) is 60.4 cm³/mol. The first-order chi connectivity index (χ1) is 6.81. The quantitative estimate of drug-likeness (QED) is 0.782. The predicted octanol–water partition coefficient (Wildman–Crippen LogP) is 2.33. The number of hydrogen-bond acceptors (Lipinski definition) is 2. The van der Waals surface area contributed by atoms with Gasteiger partial charge in [-0.15, -0.1) is 0 Å². The second-order valence-electron chi connectivity index (χ2n) is 3.77. The highest BCUT2D eigenvalue weighted by Crippen LogP contribution is 2.27. The summed E-state index contributed by atoms with van der Waals surface area (Å²) in [7, 11) is -4.21. The van der Waals surface area contributed by atoms with Crippen LogP contribution in [0, 0.1) is 6.92 Å². The summed E-state index contributed by atoms with van der Waals surface area (Å²) in [5.74, 6) is 0.189. The average Bonchev–Trinajstić information content (AvgIpc) is 2.05. The molecule has 15 heavy (non-hydrogen) atoms. The van der Waals surface area contributed by atoms with Gasteiger partial charge in [0.25, 0.3) is 0 Å². The highest BCUT2D eigenvalue weighted by Gasteiger charge is 2.13. The molecule has 1 rings (SSSR count). The first-order valence-corrected chi connectivity index (χ1v) is 6.10. The molecule has 0 unspecified atom stereocenters. The molecule has 84 valence electrons. The van der Waals surface area contributed by atoms with Crippen LogP contribution in [0.5, 0.6) is 0 Å². The third-order valence-electron chi connectivity index (χ3n) is 2.16. The van der Waals surface area contributed by atoms with Gasteiger partial charge in [-0.2, -0.15) is 8.42 Å². The maximum Gasteiger partial charge on any atom is 0.357 e. The normalized spacial score (nSPS) is 11.8. The molecule has 5 heteroatoms. The number of para-hydroxylation sites is 1. The van der Waals surface area contributed by atoms with Crippen LogP contribution in [0.25, 0.3) is 0 Å². The topological polar surface area (TPSA) is 66.4 Å². The van der Waals surface area contributed by atoms with E-state index in [1.165, 1.54) is 0 Å². The van der Waals surface area contributed by atoms with Crippen LogP contribution in [-0.2, 0) is 10.3 Å². The smallest absolute Gasteiger partial charge is 0.269 e. The molecule has 0 aliphatic heterocycles. The van der Waals surface area contributed by atoms with E-state index in [1.807, 2.05) is 26.0 Å². The van der Waals surface area contributed by atoms with Crippen molar-refractivity contribution in [3.8, 4) is 0 Å². The Labute approximate surface area is 90.2 Å². The Balaban J connectivity index is 3.25. The molecule has 1 aromatic carbocycles. The van der Waals surface area contributed by atoms with Gasteiger partial charge >= 0.3 is 10.3 Å². The van der Waals surface area contributed by atoms with Crippen LogP contribution in [0.1, 0.15) is 30.9 Å². The van der Waals surface area contributed by atoms with Gasteiger partial charge in [-0.3, -0.25) is 9.27 Å². The summed E-state index contributed by atoms with van der Waals surface area (Å²) in [4.78, 5) is 0. The Morgan fingerprint density at radius 3 is 2.40 bits per heavy atom. The molecule has 0 saturated heterocycles. The van der Waals surface area contributed by atoms with E-state index in [0.29, 0.717) is 5.69 Å². The van der Waals surface area contributed by atoms with E-state index >= 15 is 0 Å². The van der Waals surface area contributed by atoms with Gasteiger partial charge < -0.3 is 0 Å². The summed E-state index contributed by atoms with van der Waals surface area (Å²) >= 11 is 0. The van der Waals surface area contributed by atoms with E-state index < -0.39 is 10.3 Å². The molecule has 0 aliphatic rings. The van der Waals surface area contributed by atoms with Crippen LogP contribution in [0.15, 0.2) is 18.2 Å². The summed E-state index contributed by atoms with van der Waals surface area (Å²) in [5, 5.41) is 0. The van der Waals surface area contributed by atoms with Crippen LogP contribution in [-0.4, -0.2) is 13.0 Å². The monoisotopic (exact) mass is 229 g/mol. The Morgan fingerprint density at radius 1 is 1.33 bits per heavy atom. The van der Waals surface area contributed by atoms with Gasteiger partial charge in [0, 0.05) is 0 Å². The minimum Gasteiger partial charge on any atom is -0.269 e. The van der Waals surface area contributed by atoms with Crippen molar-refractivity contribution in [1.29, 1.82) is 0 Å². The number of benzene rings is 1. The fourth-order valence-electron chi connectivity index (χ4n) is 1.44. The third kappa shape index (κ3) is 3.21. The molecule has 0 fully saturated rings. The molecule has 0 bridgehead atoms. The fraction of sp³-hybridized carbons (Fsp3) is 0.400. The summed E-state index contributed by atoms with van der Waals surface area (Å²) in [6.07, 6.45) is 0. The maximum absolute atomic E-state index is 10.8. The minimum absolute atomic E-state index is 0.189. The molecule has 0 spiro atoms. The van der Waals surface area contributed by atoms with Gasteiger partial charge in [0.05, 0.1) is 5.69 Å². The molecule has 0 amide bonds. The molecule has 4 nitrogen and oxygen atoms in total. The molecule has 0 atom stereocenters. The van der Waals surface area contributed by atoms with Crippen molar-refractivity contribution in [1.82, 2.24) is 0 Å². The molecular weight excluding hydrogens is 214 g/mol. The van der Waals surface area contributed by atoms with Crippen LogP contribution >= 0.6 is 0 Å². The first-order valence-electron chi connectivity index (χ1n) is 4.66. The second-order valence-corrected chi connectivity index (χ2v) is 4.93. The summed E-state index contributed by atoms with van der Waals surface area (Å²) in [6.45, 7) is 5.72. The van der Waals surface area contributed by atoms with Crippen LogP contribution in [0.3, 0.4) is 0 Å². The van der Waals surface area contributed by atoms with Gasteiger partial charge in [-0.25, -0.2) is 0 Å². The molecule has 2 N–H and O–H groups in total. The van der Waals surface area contributed by atoms with Gasteiger partial charge in [-0.1, -0.05) is 32.0 Å². The molecule has 0 saturated carbocycles. The lowest BCUT2D eigenvalue weighted by Gasteiger charge is -2.15.